The maximum absolute atomic E-state index is 12.7. The van der Waals surface area contributed by atoms with Gasteiger partial charge in [0.1, 0.15) is 5.75 Å². The molecule has 0 saturated heterocycles. The van der Waals surface area contributed by atoms with Gasteiger partial charge in [-0.3, -0.25) is 4.99 Å². The highest BCUT2D eigenvalue weighted by Gasteiger charge is 2.20. The van der Waals surface area contributed by atoms with E-state index in [4.69, 9.17) is 14.2 Å². The van der Waals surface area contributed by atoms with Crippen LogP contribution in [0.2, 0.25) is 0 Å². The lowest BCUT2D eigenvalue weighted by molar-refractivity contribution is -0.0505. The molecule has 1 heterocycles. The first kappa shape index (κ1) is 25.9. The van der Waals surface area contributed by atoms with E-state index in [0.29, 0.717) is 42.8 Å². The lowest BCUT2D eigenvalue weighted by Gasteiger charge is -2.15. The summed E-state index contributed by atoms with van der Waals surface area (Å²) in [7, 11) is 1.65. The summed E-state index contributed by atoms with van der Waals surface area (Å²) in [4.78, 5) is 4.16. The van der Waals surface area contributed by atoms with E-state index in [0.717, 1.165) is 18.4 Å². The van der Waals surface area contributed by atoms with Crippen molar-refractivity contribution in [3.63, 3.8) is 0 Å². The first-order valence-corrected chi connectivity index (χ1v) is 10.1. The molecule has 7 nitrogen and oxygen atoms in total. The summed E-state index contributed by atoms with van der Waals surface area (Å²) in [5.41, 5.74) is 1.67. The van der Waals surface area contributed by atoms with Gasteiger partial charge in [0.05, 0.1) is 6.61 Å². The lowest BCUT2D eigenvalue weighted by atomic mass is 10.1. The summed E-state index contributed by atoms with van der Waals surface area (Å²) in [6.07, 6.45) is 1.81. The number of halogens is 3. The SMILES string of the molecule is CN=C(NCCCCOCc1ccccc1)NCc1cc2c(cc1OC(F)F)OCO2.I. The number of unbranched alkanes of at least 4 members (excludes halogenated alkanes) is 1. The van der Waals surface area contributed by atoms with Crippen LogP contribution in [0.15, 0.2) is 47.5 Å². The number of fused-ring (bicyclic) bond motifs is 1. The minimum atomic E-state index is -2.93. The molecule has 2 aromatic carbocycles. The van der Waals surface area contributed by atoms with Gasteiger partial charge in [-0.1, -0.05) is 30.3 Å². The molecule has 1 aliphatic rings. The van der Waals surface area contributed by atoms with Gasteiger partial charge in [0.2, 0.25) is 6.79 Å². The Morgan fingerprint density at radius 2 is 1.84 bits per heavy atom. The normalized spacial score (nSPS) is 12.4. The Labute approximate surface area is 203 Å². The summed E-state index contributed by atoms with van der Waals surface area (Å²) in [5, 5.41) is 6.30. The van der Waals surface area contributed by atoms with E-state index in [9.17, 15) is 8.78 Å². The fourth-order valence-corrected chi connectivity index (χ4v) is 3.01. The van der Waals surface area contributed by atoms with Crippen LogP contribution in [0.25, 0.3) is 0 Å². The van der Waals surface area contributed by atoms with Crippen LogP contribution in [0.3, 0.4) is 0 Å². The predicted octanol–water partition coefficient (Wildman–Crippen LogP) is 4.30. The van der Waals surface area contributed by atoms with Gasteiger partial charge in [0.25, 0.3) is 0 Å². The molecule has 1 aliphatic heterocycles. The van der Waals surface area contributed by atoms with Gasteiger partial charge < -0.3 is 29.6 Å². The average Bonchev–Trinajstić information content (AvgIpc) is 3.22. The molecule has 0 amide bonds. The molecule has 2 aromatic rings. The third-order valence-corrected chi connectivity index (χ3v) is 4.56. The number of aliphatic imine (C=N–C) groups is 1. The Hall–Kier alpha value is -2.34. The van der Waals surface area contributed by atoms with Gasteiger partial charge >= 0.3 is 6.61 Å². The summed E-state index contributed by atoms with van der Waals surface area (Å²) in [6, 6.07) is 13.1. The predicted molar refractivity (Wildman–Crippen MR) is 128 cm³/mol. The van der Waals surface area contributed by atoms with Crippen molar-refractivity contribution in [1.82, 2.24) is 10.6 Å². The fraction of sp³-hybridized carbons (Fsp3) is 0.409. The number of alkyl halides is 2. The molecule has 0 atom stereocenters. The van der Waals surface area contributed by atoms with Crippen molar-refractivity contribution in [3.8, 4) is 17.2 Å². The van der Waals surface area contributed by atoms with Crippen LogP contribution in [0.5, 0.6) is 17.2 Å². The summed E-state index contributed by atoms with van der Waals surface area (Å²) >= 11 is 0. The van der Waals surface area contributed by atoms with E-state index in [1.165, 1.54) is 6.07 Å². The van der Waals surface area contributed by atoms with Crippen LogP contribution in [0.1, 0.15) is 24.0 Å². The Bertz CT molecular complexity index is 857. The zero-order chi connectivity index (χ0) is 21.9. The summed E-state index contributed by atoms with van der Waals surface area (Å²) in [6.45, 7) is -0.655. The average molecular weight is 563 g/mol. The summed E-state index contributed by atoms with van der Waals surface area (Å²) < 4.78 is 46.3. The van der Waals surface area contributed by atoms with Crippen LogP contribution in [-0.2, 0) is 17.9 Å². The fourth-order valence-electron chi connectivity index (χ4n) is 3.01. The van der Waals surface area contributed by atoms with Crippen LogP contribution in [0, 0.1) is 0 Å². The molecule has 0 saturated carbocycles. The topological polar surface area (TPSA) is 73.3 Å². The standard InChI is InChI=1S/C22H27F2N3O4.HI/c1-25-22(26-9-5-6-10-28-14-16-7-3-2-4-8-16)27-13-17-11-19-20(30-15-29-19)12-18(17)31-21(23)24;/h2-4,7-8,11-12,21H,5-6,9-10,13-15H2,1H3,(H2,25,26,27);1H. The van der Waals surface area contributed by atoms with Crippen molar-refractivity contribution >= 4 is 29.9 Å². The third-order valence-electron chi connectivity index (χ3n) is 4.56. The van der Waals surface area contributed by atoms with Crippen molar-refractivity contribution in [2.45, 2.75) is 32.6 Å². The summed E-state index contributed by atoms with van der Waals surface area (Å²) in [5.74, 6) is 1.48. The minimum Gasteiger partial charge on any atom is -0.454 e. The number of rotatable bonds is 11. The van der Waals surface area contributed by atoms with E-state index in [1.807, 2.05) is 30.3 Å². The molecule has 32 heavy (non-hydrogen) atoms. The largest absolute Gasteiger partial charge is 0.454 e. The Morgan fingerprint density at radius 1 is 1.09 bits per heavy atom. The molecule has 0 radical (unpaired) electrons. The number of nitrogens with zero attached hydrogens (tertiary/aromatic N) is 1. The molecule has 0 spiro atoms. The molecule has 0 bridgehead atoms. The minimum absolute atomic E-state index is 0. The van der Waals surface area contributed by atoms with Gasteiger partial charge in [-0.2, -0.15) is 8.78 Å². The van der Waals surface area contributed by atoms with E-state index < -0.39 is 6.61 Å². The smallest absolute Gasteiger partial charge is 0.387 e. The zero-order valence-electron chi connectivity index (χ0n) is 17.8. The number of nitrogens with one attached hydrogen (secondary N) is 2. The van der Waals surface area contributed by atoms with Crippen LogP contribution >= 0.6 is 24.0 Å². The van der Waals surface area contributed by atoms with Gasteiger partial charge in [0, 0.05) is 38.4 Å². The number of hydrogen-bond acceptors (Lipinski definition) is 5. The van der Waals surface area contributed by atoms with Crippen molar-refractivity contribution in [2.24, 2.45) is 4.99 Å². The van der Waals surface area contributed by atoms with E-state index in [2.05, 4.69) is 20.4 Å². The molecule has 0 aliphatic carbocycles. The lowest BCUT2D eigenvalue weighted by Crippen LogP contribution is -2.37. The Kier molecular flexibility index (Phi) is 11.3. The Morgan fingerprint density at radius 3 is 2.56 bits per heavy atom. The molecule has 3 rings (SSSR count). The maximum Gasteiger partial charge on any atom is 0.387 e. The highest BCUT2D eigenvalue weighted by molar-refractivity contribution is 14.0. The van der Waals surface area contributed by atoms with Crippen molar-refractivity contribution < 1.29 is 27.7 Å². The van der Waals surface area contributed by atoms with Crippen molar-refractivity contribution in [2.75, 3.05) is 27.0 Å². The van der Waals surface area contributed by atoms with Crippen LogP contribution < -0.4 is 24.8 Å². The first-order valence-electron chi connectivity index (χ1n) is 10.1. The van der Waals surface area contributed by atoms with Crippen molar-refractivity contribution in [3.05, 3.63) is 53.6 Å². The molecule has 176 valence electrons. The second-order valence-electron chi connectivity index (χ2n) is 6.79. The van der Waals surface area contributed by atoms with Gasteiger partial charge in [0.15, 0.2) is 17.5 Å². The maximum atomic E-state index is 12.7. The van der Waals surface area contributed by atoms with Crippen molar-refractivity contribution in [1.29, 1.82) is 0 Å². The van der Waals surface area contributed by atoms with Crippen LogP contribution in [-0.4, -0.2) is 39.6 Å². The molecule has 10 heteroatoms. The van der Waals surface area contributed by atoms with Crippen LogP contribution in [0.4, 0.5) is 8.78 Å². The van der Waals surface area contributed by atoms with E-state index in [-0.39, 0.29) is 43.1 Å². The highest BCUT2D eigenvalue weighted by Crippen LogP contribution is 2.38. The molecule has 2 N–H and O–H groups in total. The number of hydrogen-bond donors (Lipinski definition) is 2. The molecule has 0 fully saturated rings. The van der Waals surface area contributed by atoms with Gasteiger partial charge in [-0.15, -0.1) is 24.0 Å². The number of guanidine groups is 1. The third kappa shape index (κ3) is 8.30. The highest BCUT2D eigenvalue weighted by atomic mass is 127. The van der Waals surface area contributed by atoms with E-state index in [1.54, 1.807) is 13.1 Å². The molecular weight excluding hydrogens is 535 g/mol. The Balaban J connectivity index is 0.00000363. The quantitative estimate of drug-likeness (QED) is 0.184. The number of ether oxygens (including phenoxy) is 4. The first-order chi connectivity index (χ1) is 15.2. The second-order valence-corrected chi connectivity index (χ2v) is 6.79. The van der Waals surface area contributed by atoms with Gasteiger partial charge in [-0.25, -0.2) is 0 Å². The molecule has 0 unspecified atom stereocenters. The van der Waals surface area contributed by atoms with Gasteiger partial charge in [-0.05, 0) is 24.5 Å². The number of benzene rings is 2. The second kappa shape index (κ2) is 13.9. The molecule has 0 aromatic heterocycles. The van der Waals surface area contributed by atoms with E-state index >= 15 is 0 Å². The zero-order valence-corrected chi connectivity index (χ0v) is 20.1. The monoisotopic (exact) mass is 563 g/mol. The molecular formula is C22H28F2IN3O4.